The molecule has 1 aromatic heterocycles. The number of carboxylic acids is 1. The van der Waals surface area contributed by atoms with Crippen LogP contribution in [-0.2, 0) is 16.1 Å². The number of aromatic nitrogens is 2. The van der Waals surface area contributed by atoms with Gasteiger partial charge in [0, 0.05) is 6.04 Å². The largest absolute Gasteiger partial charge is 0.481 e. The van der Waals surface area contributed by atoms with E-state index in [2.05, 4.69) is 10.3 Å². The lowest BCUT2D eigenvalue weighted by Gasteiger charge is -2.23. The van der Waals surface area contributed by atoms with Crippen molar-refractivity contribution in [2.45, 2.75) is 44.7 Å². The minimum absolute atomic E-state index is 0.317. The second-order valence-electron chi connectivity index (χ2n) is 6.62. The van der Waals surface area contributed by atoms with E-state index < -0.39 is 41.6 Å². The minimum atomic E-state index is -0.932. The van der Waals surface area contributed by atoms with Gasteiger partial charge in [-0.2, -0.15) is 0 Å². The van der Waals surface area contributed by atoms with E-state index in [1.165, 1.54) is 0 Å². The van der Waals surface area contributed by atoms with Crippen LogP contribution in [0.15, 0.2) is 33.9 Å². The van der Waals surface area contributed by atoms with E-state index in [4.69, 9.17) is 0 Å². The van der Waals surface area contributed by atoms with Gasteiger partial charge >= 0.3 is 11.7 Å². The number of nitrogens with zero attached hydrogens (tertiary/aromatic N) is 1. The minimum Gasteiger partial charge on any atom is -0.481 e. The Balaban J connectivity index is 1.81. The Kier molecular flexibility index (Phi) is 5.20. The maximum absolute atomic E-state index is 12.5. The molecule has 0 radical (unpaired) electrons. The molecule has 0 saturated heterocycles. The van der Waals surface area contributed by atoms with E-state index in [0.717, 1.165) is 23.8 Å². The molecule has 1 heterocycles. The van der Waals surface area contributed by atoms with Crippen LogP contribution < -0.4 is 16.6 Å². The predicted octanol–water partition coefficient (Wildman–Crippen LogP) is 0.839. The Hall–Kier alpha value is -2.90. The lowest BCUT2D eigenvalue weighted by Crippen LogP contribution is -2.47. The lowest BCUT2D eigenvalue weighted by molar-refractivity contribution is -0.143. The molecule has 3 N–H and O–H groups in total. The summed E-state index contributed by atoms with van der Waals surface area (Å²) in [5.74, 6) is -2.11. The first-order valence-corrected chi connectivity index (χ1v) is 8.71. The summed E-state index contributed by atoms with van der Waals surface area (Å²) in [5.41, 5.74) is -0.802. The topological polar surface area (TPSA) is 121 Å². The number of para-hydroxylation sites is 1. The molecule has 8 nitrogen and oxygen atoms in total. The zero-order chi connectivity index (χ0) is 18.7. The summed E-state index contributed by atoms with van der Waals surface area (Å²) in [4.78, 5) is 51.0. The molecule has 3 rings (SSSR count). The van der Waals surface area contributed by atoms with Crippen LogP contribution in [0, 0.1) is 5.92 Å². The maximum Gasteiger partial charge on any atom is 0.329 e. The number of aliphatic carboxylic acids is 1. The smallest absolute Gasteiger partial charge is 0.329 e. The third-order valence-corrected chi connectivity index (χ3v) is 4.87. The van der Waals surface area contributed by atoms with Gasteiger partial charge in [-0.05, 0) is 25.0 Å². The number of carboxylic acid groups (broad SMARTS) is 1. The molecule has 1 fully saturated rings. The van der Waals surface area contributed by atoms with Crippen LogP contribution in [0.25, 0.3) is 10.9 Å². The highest BCUT2D eigenvalue weighted by Crippen LogP contribution is 2.23. The van der Waals surface area contributed by atoms with E-state index in [9.17, 15) is 24.3 Å². The molecule has 2 aromatic rings. The molecule has 1 aliphatic carbocycles. The quantitative estimate of drug-likeness (QED) is 0.699. The van der Waals surface area contributed by atoms with E-state index in [1.54, 1.807) is 24.3 Å². The Morgan fingerprint density at radius 1 is 1.15 bits per heavy atom. The first kappa shape index (κ1) is 17.9. The molecule has 0 bridgehead atoms. The first-order valence-electron chi connectivity index (χ1n) is 8.71. The molecule has 26 heavy (non-hydrogen) atoms. The molecule has 8 heteroatoms. The summed E-state index contributed by atoms with van der Waals surface area (Å²) in [6.45, 7) is -0.443. The number of benzene rings is 1. The summed E-state index contributed by atoms with van der Waals surface area (Å²) in [7, 11) is 0. The average molecular weight is 359 g/mol. The summed E-state index contributed by atoms with van der Waals surface area (Å²) < 4.78 is 0.837. The second-order valence-corrected chi connectivity index (χ2v) is 6.62. The van der Waals surface area contributed by atoms with Crippen LogP contribution in [0.4, 0.5) is 0 Å². The maximum atomic E-state index is 12.5. The van der Waals surface area contributed by atoms with E-state index in [1.807, 2.05) is 0 Å². The van der Waals surface area contributed by atoms with Gasteiger partial charge in [-0.15, -0.1) is 0 Å². The highest BCUT2D eigenvalue weighted by atomic mass is 16.4. The van der Waals surface area contributed by atoms with Gasteiger partial charge in [-0.1, -0.05) is 31.4 Å². The third-order valence-electron chi connectivity index (χ3n) is 4.87. The fourth-order valence-corrected chi connectivity index (χ4v) is 3.51. The standard InChI is InChI=1S/C18H21N3O5/c22-15(19-14-8-3-1-2-7-12(14)17(24)25)10-21-16(23)11-6-4-5-9-13(11)20-18(21)26/h4-6,9,12,14H,1-3,7-8,10H2,(H,19,22)(H,20,26)(H,24,25)/t12-,14+/m1/s1. The second kappa shape index (κ2) is 7.55. The van der Waals surface area contributed by atoms with Crippen LogP contribution in [-0.4, -0.2) is 32.6 Å². The summed E-state index contributed by atoms with van der Waals surface area (Å²) >= 11 is 0. The number of hydrogen-bond donors (Lipinski definition) is 3. The zero-order valence-electron chi connectivity index (χ0n) is 14.2. The number of nitrogens with one attached hydrogen (secondary N) is 2. The molecule has 1 aliphatic rings. The van der Waals surface area contributed by atoms with Gasteiger partial charge in [-0.3, -0.25) is 19.0 Å². The summed E-state index contributed by atoms with van der Waals surface area (Å²) in [6, 6.07) is 6.08. The lowest BCUT2D eigenvalue weighted by atomic mass is 9.95. The third kappa shape index (κ3) is 3.68. The van der Waals surface area contributed by atoms with Gasteiger partial charge in [-0.25, -0.2) is 4.79 Å². The van der Waals surface area contributed by atoms with Gasteiger partial charge in [0.1, 0.15) is 6.54 Å². The molecule has 1 aromatic carbocycles. The van der Waals surface area contributed by atoms with Gasteiger partial charge in [0.2, 0.25) is 5.91 Å². The van der Waals surface area contributed by atoms with Crippen molar-refractivity contribution < 1.29 is 14.7 Å². The van der Waals surface area contributed by atoms with Crippen molar-refractivity contribution in [3.05, 3.63) is 45.1 Å². The molecule has 0 unspecified atom stereocenters. The zero-order valence-corrected chi connectivity index (χ0v) is 14.2. The molecule has 0 spiro atoms. The van der Waals surface area contributed by atoms with Crippen LogP contribution in [0.1, 0.15) is 32.1 Å². The fourth-order valence-electron chi connectivity index (χ4n) is 3.51. The number of rotatable bonds is 4. The molecule has 1 saturated carbocycles. The van der Waals surface area contributed by atoms with Gasteiger partial charge in [0.15, 0.2) is 0 Å². The number of aromatic amines is 1. The number of H-pyrrole nitrogens is 1. The Morgan fingerprint density at radius 3 is 2.65 bits per heavy atom. The van der Waals surface area contributed by atoms with Crippen molar-refractivity contribution in [3.63, 3.8) is 0 Å². The van der Waals surface area contributed by atoms with Crippen molar-refractivity contribution in [2.24, 2.45) is 5.92 Å². The van der Waals surface area contributed by atoms with E-state index in [0.29, 0.717) is 23.7 Å². The summed E-state index contributed by atoms with van der Waals surface area (Å²) in [6.07, 6.45) is 3.67. The number of hydrogen-bond acceptors (Lipinski definition) is 4. The van der Waals surface area contributed by atoms with E-state index >= 15 is 0 Å². The fraction of sp³-hybridized carbons (Fsp3) is 0.444. The SMILES string of the molecule is O=C(Cn1c(=O)[nH]c2ccccc2c1=O)N[C@H]1CCCCC[C@H]1C(=O)O. The van der Waals surface area contributed by atoms with Crippen molar-refractivity contribution in [3.8, 4) is 0 Å². The Morgan fingerprint density at radius 2 is 1.88 bits per heavy atom. The number of carbonyl (C=O) groups is 2. The average Bonchev–Trinajstić information content (AvgIpc) is 2.84. The molecule has 1 amide bonds. The number of fused-ring (bicyclic) bond motifs is 1. The van der Waals surface area contributed by atoms with Gasteiger partial charge < -0.3 is 15.4 Å². The molecular formula is C18H21N3O5. The van der Waals surface area contributed by atoms with E-state index in [-0.39, 0.29) is 0 Å². The number of amides is 1. The Bertz CT molecular complexity index is 946. The van der Waals surface area contributed by atoms with Crippen LogP contribution in [0.5, 0.6) is 0 Å². The van der Waals surface area contributed by atoms with Crippen LogP contribution >= 0.6 is 0 Å². The van der Waals surface area contributed by atoms with Gasteiger partial charge in [0.05, 0.1) is 16.8 Å². The van der Waals surface area contributed by atoms with Crippen LogP contribution in [0.2, 0.25) is 0 Å². The molecule has 2 atom stereocenters. The first-order chi connectivity index (χ1) is 12.5. The van der Waals surface area contributed by atoms with Crippen molar-refractivity contribution in [1.29, 1.82) is 0 Å². The van der Waals surface area contributed by atoms with Crippen LogP contribution in [0.3, 0.4) is 0 Å². The highest BCUT2D eigenvalue weighted by molar-refractivity contribution is 5.79. The monoisotopic (exact) mass is 359 g/mol. The molecule has 0 aliphatic heterocycles. The molecule has 138 valence electrons. The summed E-state index contributed by atoms with van der Waals surface area (Å²) in [5, 5.41) is 12.4. The predicted molar refractivity (Wildman–Crippen MR) is 95.0 cm³/mol. The van der Waals surface area contributed by atoms with Crippen molar-refractivity contribution in [1.82, 2.24) is 14.9 Å². The van der Waals surface area contributed by atoms with Crippen molar-refractivity contribution in [2.75, 3.05) is 0 Å². The molecular weight excluding hydrogens is 338 g/mol. The normalized spacial score (nSPS) is 20.5. The highest BCUT2D eigenvalue weighted by Gasteiger charge is 2.30. The van der Waals surface area contributed by atoms with Gasteiger partial charge in [0.25, 0.3) is 5.56 Å². The van der Waals surface area contributed by atoms with Crippen molar-refractivity contribution >= 4 is 22.8 Å². The Labute approximate surface area is 148 Å². The number of carbonyl (C=O) groups excluding carboxylic acids is 1.